The first-order chi connectivity index (χ1) is 9.47. The SMILES string of the molecule is CC(=O)c1ccc(O)c(OCc2ccc(Cl)cc2Cl)c1. The number of hydrogen-bond donors (Lipinski definition) is 1. The average Bonchev–Trinajstić information content (AvgIpc) is 2.39. The molecule has 2 rings (SSSR count). The molecule has 0 saturated carbocycles. The molecular weight excluding hydrogens is 299 g/mol. The molecule has 0 aromatic heterocycles. The van der Waals surface area contributed by atoms with Crippen LogP contribution in [0.15, 0.2) is 36.4 Å². The number of halogens is 2. The zero-order chi connectivity index (χ0) is 14.7. The van der Waals surface area contributed by atoms with E-state index in [2.05, 4.69) is 0 Å². The van der Waals surface area contributed by atoms with E-state index < -0.39 is 0 Å². The van der Waals surface area contributed by atoms with Gasteiger partial charge in [0.15, 0.2) is 17.3 Å². The Bertz CT molecular complexity index is 654. The molecule has 2 aromatic rings. The van der Waals surface area contributed by atoms with Crippen LogP contribution in [-0.4, -0.2) is 10.9 Å². The molecule has 0 unspecified atom stereocenters. The highest BCUT2D eigenvalue weighted by atomic mass is 35.5. The summed E-state index contributed by atoms with van der Waals surface area (Å²) in [5.74, 6) is 0.114. The van der Waals surface area contributed by atoms with Crippen molar-refractivity contribution < 1.29 is 14.6 Å². The first-order valence-corrected chi connectivity index (χ1v) is 6.63. The molecule has 0 aliphatic heterocycles. The largest absolute Gasteiger partial charge is 0.504 e. The van der Waals surface area contributed by atoms with Crippen molar-refractivity contribution in [3.63, 3.8) is 0 Å². The van der Waals surface area contributed by atoms with Crippen molar-refractivity contribution in [1.82, 2.24) is 0 Å². The molecule has 0 fully saturated rings. The molecule has 0 amide bonds. The Hall–Kier alpha value is -1.71. The van der Waals surface area contributed by atoms with E-state index in [1.165, 1.54) is 19.1 Å². The highest BCUT2D eigenvalue weighted by Gasteiger charge is 2.08. The second kappa shape index (κ2) is 6.16. The molecule has 0 aliphatic rings. The minimum absolute atomic E-state index is 0.0277. The minimum atomic E-state index is -0.0978. The van der Waals surface area contributed by atoms with Gasteiger partial charge in [0.25, 0.3) is 0 Å². The molecule has 20 heavy (non-hydrogen) atoms. The zero-order valence-electron chi connectivity index (χ0n) is 10.7. The highest BCUT2D eigenvalue weighted by molar-refractivity contribution is 6.35. The molecule has 0 atom stereocenters. The fourth-order valence-corrected chi connectivity index (χ4v) is 2.11. The molecule has 0 aliphatic carbocycles. The highest BCUT2D eigenvalue weighted by Crippen LogP contribution is 2.29. The van der Waals surface area contributed by atoms with Gasteiger partial charge >= 0.3 is 0 Å². The van der Waals surface area contributed by atoms with E-state index in [-0.39, 0.29) is 23.9 Å². The van der Waals surface area contributed by atoms with Gasteiger partial charge in [-0.05, 0) is 37.3 Å². The van der Waals surface area contributed by atoms with Gasteiger partial charge in [-0.2, -0.15) is 0 Å². The quantitative estimate of drug-likeness (QED) is 0.847. The summed E-state index contributed by atoms with van der Waals surface area (Å²) in [5, 5.41) is 10.7. The molecule has 5 heteroatoms. The number of rotatable bonds is 4. The number of aromatic hydroxyl groups is 1. The fourth-order valence-electron chi connectivity index (χ4n) is 1.64. The maximum absolute atomic E-state index is 11.3. The van der Waals surface area contributed by atoms with Crippen LogP contribution in [0.5, 0.6) is 11.5 Å². The summed E-state index contributed by atoms with van der Waals surface area (Å²) in [7, 11) is 0. The summed E-state index contributed by atoms with van der Waals surface area (Å²) in [6, 6.07) is 9.54. The predicted octanol–water partition coefficient (Wildman–Crippen LogP) is 4.48. The summed E-state index contributed by atoms with van der Waals surface area (Å²) in [5.41, 5.74) is 1.21. The van der Waals surface area contributed by atoms with Crippen molar-refractivity contribution in [3.8, 4) is 11.5 Å². The summed E-state index contributed by atoms with van der Waals surface area (Å²) in [6.07, 6.45) is 0. The van der Waals surface area contributed by atoms with Crippen LogP contribution in [0.25, 0.3) is 0 Å². The van der Waals surface area contributed by atoms with Crippen molar-refractivity contribution in [3.05, 3.63) is 57.6 Å². The number of phenolic OH excluding ortho intramolecular Hbond substituents is 1. The molecular formula is C15H12Cl2O3. The van der Waals surface area contributed by atoms with Crippen molar-refractivity contribution in [2.45, 2.75) is 13.5 Å². The molecule has 0 spiro atoms. The molecule has 2 aromatic carbocycles. The normalized spacial score (nSPS) is 10.3. The number of Topliss-reactive ketones (excluding diaryl/α,β-unsaturated/α-hetero) is 1. The van der Waals surface area contributed by atoms with Crippen LogP contribution in [0.1, 0.15) is 22.8 Å². The lowest BCUT2D eigenvalue weighted by Gasteiger charge is -2.10. The lowest BCUT2D eigenvalue weighted by Crippen LogP contribution is -1.99. The predicted molar refractivity (Wildman–Crippen MR) is 78.9 cm³/mol. The van der Waals surface area contributed by atoms with E-state index in [9.17, 15) is 9.90 Å². The van der Waals surface area contributed by atoms with Crippen LogP contribution >= 0.6 is 23.2 Å². The van der Waals surface area contributed by atoms with Gasteiger partial charge in [-0.15, -0.1) is 0 Å². The third-order valence-corrected chi connectivity index (χ3v) is 3.35. The number of carbonyl (C=O) groups is 1. The number of ketones is 1. The summed E-state index contributed by atoms with van der Waals surface area (Å²) < 4.78 is 5.50. The van der Waals surface area contributed by atoms with Crippen LogP contribution < -0.4 is 4.74 Å². The summed E-state index contributed by atoms with van der Waals surface area (Å²) in [4.78, 5) is 11.3. The maximum Gasteiger partial charge on any atom is 0.162 e. The van der Waals surface area contributed by atoms with Crippen LogP contribution in [0.2, 0.25) is 10.0 Å². The third kappa shape index (κ3) is 3.44. The Morgan fingerprint density at radius 2 is 1.95 bits per heavy atom. The van der Waals surface area contributed by atoms with E-state index in [1.54, 1.807) is 24.3 Å². The van der Waals surface area contributed by atoms with Gasteiger partial charge in [-0.25, -0.2) is 0 Å². The summed E-state index contributed by atoms with van der Waals surface area (Å²) >= 11 is 11.8. The summed E-state index contributed by atoms with van der Waals surface area (Å²) in [6.45, 7) is 1.62. The van der Waals surface area contributed by atoms with Gasteiger partial charge in [0, 0.05) is 21.2 Å². The smallest absolute Gasteiger partial charge is 0.162 e. The van der Waals surface area contributed by atoms with E-state index in [4.69, 9.17) is 27.9 Å². The molecule has 1 N–H and O–H groups in total. The molecule has 0 saturated heterocycles. The van der Waals surface area contributed by atoms with E-state index in [1.807, 2.05) is 0 Å². The van der Waals surface area contributed by atoms with E-state index >= 15 is 0 Å². The van der Waals surface area contributed by atoms with Gasteiger partial charge in [0.05, 0.1) is 0 Å². The van der Waals surface area contributed by atoms with Gasteiger partial charge in [-0.3, -0.25) is 4.79 Å². The Balaban J connectivity index is 2.18. The first-order valence-electron chi connectivity index (χ1n) is 5.88. The lowest BCUT2D eigenvalue weighted by atomic mass is 10.1. The number of phenols is 1. The second-order valence-electron chi connectivity index (χ2n) is 4.26. The zero-order valence-corrected chi connectivity index (χ0v) is 12.2. The molecule has 0 heterocycles. The van der Waals surface area contributed by atoms with Crippen molar-refractivity contribution in [2.75, 3.05) is 0 Å². The fraction of sp³-hybridized carbons (Fsp3) is 0.133. The number of benzene rings is 2. The molecule has 0 radical (unpaired) electrons. The van der Waals surface area contributed by atoms with Crippen LogP contribution in [0, 0.1) is 0 Å². The standard InChI is InChI=1S/C15H12Cl2O3/c1-9(18)10-3-5-14(19)15(6-10)20-8-11-2-4-12(16)7-13(11)17/h2-7,19H,8H2,1H3. The van der Waals surface area contributed by atoms with Gasteiger partial charge in [-0.1, -0.05) is 29.3 Å². The van der Waals surface area contributed by atoms with E-state index in [0.717, 1.165) is 5.56 Å². The Morgan fingerprint density at radius 3 is 2.60 bits per heavy atom. The first kappa shape index (κ1) is 14.7. The minimum Gasteiger partial charge on any atom is -0.504 e. The number of hydrogen-bond acceptors (Lipinski definition) is 3. The van der Waals surface area contributed by atoms with Gasteiger partial charge in [0.1, 0.15) is 6.61 Å². The van der Waals surface area contributed by atoms with E-state index in [0.29, 0.717) is 15.6 Å². The number of carbonyl (C=O) groups excluding carboxylic acids is 1. The molecule has 104 valence electrons. The van der Waals surface area contributed by atoms with Gasteiger partial charge in [0.2, 0.25) is 0 Å². The maximum atomic E-state index is 11.3. The van der Waals surface area contributed by atoms with Crippen LogP contribution in [-0.2, 0) is 6.61 Å². The third-order valence-electron chi connectivity index (χ3n) is 2.76. The van der Waals surface area contributed by atoms with Crippen molar-refractivity contribution in [1.29, 1.82) is 0 Å². The average molecular weight is 311 g/mol. The Kier molecular flexibility index (Phi) is 4.53. The molecule has 3 nitrogen and oxygen atoms in total. The van der Waals surface area contributed by atoms with Crippen LogP contribution in [0.4, 0.5) is 0 Å². The Morgan fingerprint density at radius 1 is 1.20 bits per heavy atom. The lowest BCUT2D eigenvalue weighted by molar-refractivity contribution is 0.101. The molecule has 0 bridgehead atoms. The topological polar surface area (TPSA) is 46.5 Å². The Labute approximate surface area is 126 Å². The van der Waals surface area contributed by atoms with Crippen molar-refractivity contribution >= 4 is 29.0 Å². The van der Waals surface area contributed by atoms with Crippen molar-refractivity contribution in [2.24, 2.45) is 0 Å². The van der Waals surface area contributed by atoms with Gasteiger partial charge < -0.3 is 9.84 Å². The number of ether oxygens (including phenoxy) is 1. The van der Waals surface area contributed by atoms with Crippen LogP contribution in [0.3, 0.4) is 0 Å². The second-order valence-corrected chi connectivity index (χ2v) is 5.11. The monoisotopic (exact) mass is 310 g/mol.